The average molecular weight is 270 g/mol. The Labute approximate surface area is 118 Å². The van der Waals surface area contributed by atoms with E-state index in [-0.39, 0.29) is 6.10 Å². The monoisotopic (exact) mass is 270 g/mol. The Morgan fingerprint density at radius 2 is 2.10 bits per heavy atom. The molecular weight excluding hydrogens is 252 g/mol. The summed E-state index contributed by atoms with van der Waals surface area (Å²) >= 11 is 0. The molecule has 1 atom stereocenters. The molecule has 0 aromatic heterocycles. The SMILES string of the molecule is NN=Cc1ccc(OCC2CCCO2)c2ccccc12. The van der Waals surface area contributed by atoms with E-state index in [2.05, 4.69) is 5.10 Å². The van der Waals surface area contributed by atoms with Gasteiger partial charge in [-0.25, -0.2) is 0 Å². The van der Waals surface area contributed by atoms with Crippen LogP contribution in [0.15, 0.2) is 41.5 Å². The normalized spacial score (nSPS) is 18.9. The third kappa shape index (κ3) is 2.60. The molecule has 0 spiro atoms. The maximum atomic E-state index is 5.94. The fourth-order valence-corrected chi connectivity index (χ4v) is 2.57. The largest absolute Gasteiger partial charge is 0.490 e. The van der Waals surface area contributed by atoms with Gasteiger partial charge in [0.25, 0.3) is 0 Å². The highest BCUT2D eigenvalue weighted by molar-refractivity contribution is 6.02. The summed E-state index contributed by atoms with van der Waals surface area (Å²) in [7, 11) is 0. The molecule has 4 nitrogen and oxygen atoms in total. The Balaban J connectivity index is 1.89. The molecule has 1 aliphatic rings. The molecule has 104 valence electrons. The van der Waals surface area contributed by atoms with Gasteiger partial charge >= 0.3 is 0 Å². The first-order chi connectivity index (χ1) is 9.88. The molecule has 0 radical (unpaired) electrons. The first-order valence-electron chi connectivity index (χ1n) is 6.88. The molecule has 20 heavy (non-hydrogen) atoms. The summed E-state index contributed by atoms with van der Waals surface area (Å²) in [5.74, 6) is 6.13. The lowest BCUT2D eigenvalue weighted by molar-refractivity contribution is 0.0685. The number of benzene rings is 2. The molecule has 0 aliphatic carbocycles. The maximum absolute atomic E-state index is 5.94. The van der Waals surface area contributed by atoms with Gasteiger partial charge in [-0.15, -0.1) is 0 Å². The van der Waals surface area contributed by atoms with Crippen LogP contribution in [0.25, 0.3) is 10.8 Å². The van der Waals surface area contributed by atoms with Gasteiger partial charge in [0.15, 0.2) is 0 Å². The summed E-state index contributed by atoms with van der Waals surface area (Å²) in [6.45, 7) is 1.45. The number of nitrogens with zero attached hydrogens (tertiary/aromatic N) is 1. The van der Waals surface area contributed by atoms with Gasteiger partial charge in [0.2, 0.25) is 0 Å². The zero-order chi connectivity index (χ0) is 13.8. The van der Waals surface area contributed by atoms with Crippen LogP contribution in [0.2, 0.25) is 0 Å². The van der Waals surface area contributed by atoms with Crippen molar-refractivity contribution in [3.63, 3.8) is 0 Å². The zero-order valence-electron chi connectivity index (χ0n) is 11.3. The number of rotatable bonds is 4. The summed E-state index contributed by atoms with van der Waals surface area (Å²) in [5, 5.41) is 5.77. The Bertz CT molecular complexity index is 619. The van der Waals surface area contributed by atoms with Gasteiger partial charge in [0, 0.05) is 17.6 Å². The molecule has 0 bridgehead atoms. The Hall–Kier alpha value is -2.07. The third-order valence-electron chi connectivity index (χ3n) is 3.58. The first-order valence-corrected chi connectivity index (χ1v) is 6.88. The molecule has 1 aliphatic heterocycles. The van der Waals surface area contributed by atoms with Crippen LogP contribution in [0.3, 0.4) is 0 Å². The summed E-state index contributed by atoms with van der Waals surface area (Å²) in [4.78, 5) is 0. The lowest BCUT2D eigenvalue weighted by Gasteiger charge is -2.14. The van der Waals surface area contributed by atoms with Gasteiger partial charge in [-0.05, 0) is 30.4 Å². The highest BCUT2D eigenvalue weighted by Gasteiger charge is 2.16. The lowest BCUT2D eigenvalue weighted by Crippen LogP contribution is -2.16. The highest BCUT2D eigenvalue weighted by Crippen LogP contribution is 2.28. The summed E-state index contributed by atoms with van der Waals surface area (Å²) in [6, 6.07) is 12.0. The molecule has 3 rings (SSSR count). The van der Waals surface area contributed by atoms with Crippen LogP contribution >= 0.6 is 0 Å². The smallest absolute Gasteiger partial charge is 0.127 e. The molecule has 0 amide bonds. The van der Waals surface area contributed by atoms with Gasteiger partial charge in [0.05, 0.1) is 12.3 Å². The Morgan fingerprint density at radius 3 is 2.85 bits per heavy atom. The molecule has 0 saturated carbocycles. The van der Waals surface area contributed by atoms with Crippen molar-refractivity contribution in [2.24, 2.45) is 10.9 Å². The fourth-order valence-electron chi connectivity index (χ4n) is 2.57. The van der Waals surface area contributed by atoms with Gasteiger partial charge in [0.1, 0.15) is 12.4 Å². The molecule has 2 N–H and O–H groups in total. The number of hydrazone groups is 1. The molecule has 1 fully saturated rings. The van der Waals surface area contributed by atoms with Crippen LogP contribution in [-0.4, -0.2) is 25.5 Å². The highest BCUT2D eigenvalue weighted by atomic mass is 16.5. The van der Waals surface area contributed by atoms with Crippen molar-refractivity contribution in [2.75, 3.05) is 13.2 Å². The van der Waals surface area contributed by atoms with Crippen LogP contribution < -0.4 is 10.6 Å². The minimum absolute atomic E-state index is 0.221. The van der Waals surface area contributed by atoms with Crippen LogP contribution in [0, 0.1) is 0 Å². The van der Waals surface area contributed by atoms with E-state index in [1.165, 1.54) is 0 Å². The number of ether oxygens (including phenoxy) is 2. The molecule has 2 aromatic carbocycles. The van der Waals surface area contributed by atoms with Crippen LogP contribution in [-0.2, 0) is 4.74 Å². The number of hydrogen-bond acceptors (Lipinski definition) is 4. The minimum Gasteiger partial charge on any atom is -0.490 e. The molecule has 1 unspecified atom stereocenters. The number of nitrogens with two attached hydrogens (primary N) is 1. The van der Waals surface area contributed by atoms with Crippen LogP contribution in [0.5, 0.6) is 5.75 Å². The Morgan fingerprint density at radius 1 is 1.25 bits per heavy atom. The van der Waals surface area contributed by atoms with E-state index in [0.29, 0.717) is 6.61 Å². The standard InChI is InChI=1S/C16H18N2O2/c17-18-10-12-7-8-16(15-6-2-1-5-14(12)15)20-11-13-4-3-9-19-13/h1-2,5-8,10,13H,3-4,9,11,17H2. The predicted molar refractivity (Wildman–Crippen MR) is 80.2 cm³/mol. The minimum atomic E-state index is 0.221. The van der Waals surface area contributed by atoms with Crippen molar-refractivity contribution in [1.82, 2.24) is 0 Å². The molecule has 2 aromatic rings. The van der Waals surface area contributed by atoms with E-state index in [1.807, 2.05) is 36.4 Å². The molecule has 1 heterocycles. The molecule has 4 heteroatoms. The van der Waals surface area contributed by atoms with Crippen molar-refractivity contribution in [3.8, 4) is 5.75 Å². The zero-order valence-corrected chi connectivity index (χ0v) is 11.3. The van der Waals surface area contributed by atoms with Crippen molar-refractivity contribution in [2.45, 2.75) is 18.9 Å². The van der Waals surface area contributed by atoms with Gasteiger partial charge in [-0.2, -0.15) is 5.10 Å². The second-order valence-electron chi connectivity index (χ2n) is 4.92. The van der Waals surface area contributed by atoms with Gasteiger partial charge in [-0.1, -0.05) is 24.3 Å². The quantitative estimate of drug-likeness (QED) is 0.528. The second-order valence-corrected chi connectivity index (χ2v) is 4.92. The van der Waals surface area contributed by atoms with Gasteiger partial charge < -0.3 is 15.3 Å². The van der Waals surface area contributed by atoms with E-state index in [9.17, 15) is 0 Å². The third-order valence-corrected chi connectivity index (χ3v) is 3.58. The second kappa shape index (κ2) is 5.92. The molecular formula is C16H18N2O2. The molecule has 1 saturated heterocycles. The lowest BCUT2D eigenvalue weighted by atomic mass is 10.0. The van der Waals surface area contributed by atoms with E-state index < -0.39 is 0 Å². The van der Waals surface area contributed by atoms with Crippen LogP contribution in [0.4, 0.5) is 0 Å². The van der Waals surface area contributed by atoms with Crippen LogP contribution in [0.1, 0.15) is 18.4 Å². The van der Waals surface area contributed by atoms with Gasteiger partial charge in [-0.3, -0.25) is 0 Å². The number of hydrogen-bond donors (Lipinski definition) is 1. The number of fused-ring (bicyclic) bond motifs is 1. The van der Waals surface area contributed by atoms with Crippen molar-refractivity contribution < 1.29 is 9.47 Å². The van der Waals surface area contributed by atoms with Crippen molar-refractivity contribution in [3.05, 3.63) is 42.0 Å². The maximum Gasteiger partial charge on any atom is 0.127 e. The summed E-state index contributed by atoms with van der Waals surface area (Å²) < 4.78 is 11.5. The fraction of sp³-hybridized carbons (Fsp3) is 0.312. The Kier molecular flexibility index (Phi) is 3.83. The predicted octanol–water partition coefficient (Wildman–Crippen LogP) is 2.69. The average Bonchev–Trinajstić information content (AvgIpc) is 3.00. The van der Waals surface area contributed by atoms with E-state index in [1.54, 1.807) is 6.21 Å². The van der Waals surface area contributed by atoms with E-state index in [4.69, 9.17) is 15.3 Å². The van der Waals surface area contributed by atoms with E-state index in [0.717, 1.165) is 41.5 Å². The topological polar surface area (TPSA) is 56.8 Å². The summed E-state index contributed by atoms with van der Waals surface area (Å²) in [6.07, 6.45) is 4.09. The van der Waals surface area contributed by atoms with Crippen molar-refractivity contribution in [1.29, 1.82) is 0 Å². The first kappa shape index (κ1) is 12.9. The van der Waals surface area contributed by atoms with E-state index >= 15 is 0 Å². The van der Waals surface area contributed by atoms with Crippen molar-refractivity contribution >= 4 is 17.0 Å². The summed E-state index contributed by atoms with van der Waals surface area (Å²) in [5.41, 5.74) is 0.993.